The Labute approximate surface area is 198 Å². The molecule has 0 radical (unpaired) electrons. The van der Waals surface area contributed by atoms with E-state index in [0.29, 0.717) is 19.1 Å². The van der Waals surface area contributed by atoms with Gasteiger partial charge >= 0.3 is 12.0 Å². The molecule has 178 valence electrons. The average molecular weight is 463 g/mol. The van der Waals surface area contributed by atoms with Crippen LogP contribution in [0.1, 0.15) is 65.5 Å². The molecule has 0 aromatic heterocycles. The maximum absolute atomic E-state index is 12.9. The van der Waals surface area contributed by atoms with Crippen molar-refractivity contribution in [3.63, 3.8) is 0 Å². The Bertz CT molecular complexity index is 831. The Morgan fingerprint density at radius 2 is 2.03 bits per heavy atom. The van der Waals surface area contributed by atoms with Crippen molar-refractivity contribution >= 4 is 23.6 Å². The molecule has 32 heavy (non-hydrogen) atoms. The van der Waals surface area contributed by atoms with E-state index in [1.54, 1.807) is 6.92 Å². The first kappa shape index (κ1) is 26.2. The fourth-order valence-electron chi connectivity index (χ4n) is 4.33. The SMILES string of the molecule is C=CC(C(C)C)C1(c2ccc(CCC(C)(C)C)c(Cl)c2)CN1C(=O)NCCC(=O)OCC. The number of benzene rings is 1. The smallest absolute Gasteiger partial charge is 0.318 e. The van der Waals surface area contributed by atoms with Crippen LogP contribution in [0.5, 0.6) is 0 Å². The van der Waals surface area contributed by atoms with Crippen molar-refractivity contribution in [2.24, 2.45) is 17.3 Å². The number of nitrogens with zero attached hydrogens (tertiary/aromatic N) is 1. The van der Waals surface area contributed by atoms with Crippen LogP contribution in [-0.4, -0.2) is 36.6 Å². The topological polar surface area (TPSA) is 58.4 Å². The summed E-state index contributed by atoms with van der Waals surface area (Å²) in [6.45, 7) is 18.0. The molecule has 5 nitrogen and oxygen atoms in total. The largest absolute Gasteiger partial charge is 0.466 e. The molecule has 2 amide bonds. The Balaban J connectivity index is 2.22. The molecule has 1 aliphatic rings. The zero-order chi connectivity index (χ0) is 24.1. The predicted molar refractivity (Wildman–Crippen MR) is 131 cm³/mol. The monoisotopic (exact) mass is 462 g/mol. The maximum Gasteiger partial charge on any atom is 0.318 e. The lowest BCUT2D eigenvalue weighted by atomic mass is 9.78. The molecule has 0 spiro atoms. The minimum Gasteiger partial charge on any atom is -0.466 e. The lowest BCUT2D eigenvalue weighted by Gasteiger charge is -2.29. The second-order valence-electron chi connectivity index (χ2n) is 10.2. The zero-order valence-corrected chi connectivity index (χ0v) is 21.2. The van der Waals surface area contributed by atoms with E-state index in [1.165, 1.54) is 0 Å². The van der Waals surface area contributed by atoms with E-state index in [0.717, 1.165) is 29.0 Å². The quantitative estimate of drug-likeness (QED) is 0.265. The third-order valence-corrected chi connectivity index (χ3v) is 6.51. The first-order chi connectivity index (χ1) is 15.0. The molecule has 1 saturated heterocycles. The molecule has 0 bridgehead atoms. The lowest BCUT2D eigenvalue weighted by molar-refractivity contribution is -0.142. The van der Waals surface area contributed by atoms with Gasteiger partial charge in [0, 0.05) is 17.5 Å². The number of nitrogens with one attached hydrogen (secondary N) is 1. The number of rotatable bonds is 10. The summed E-state index contributed by atoms with van der Waals surface area (Å²) in [6, 6.07) is 6.04. The summed E-state index contributed by atoms with van der Waals surface area (Å²) in [4.78, 5) is 26.3. The predicted octanol–water partition coefficient (Wildman–Crippen LogP) is 5.95. The summed E-state index contributed by atoms with van der Waals surface area (Å²) < 4.78 is 4.93. The van der Waals surface area contributed by atoms with Crippen molar-refractivity contribution in [1.29, 1.82) is 0 Å². The van der Waals surface area contributed by atoms with Gasteiger partial charge in [0.15, 0.2) is 0 Å². The molecule has 6 heteroatoms. The van der Waals surface area contributed by atoms with Crippen LogP contribution in [-0.2, 0) is 21.5 Å². The summed E-state index contributed by atoms with van der Waals surface area (Å²) in [7, 11) is 0. The summed E-state index contributed by atoms with van der Waals surface area (Å²) in [5, 5.41) is 3.60. The summed E-state index contributed by atoms with van der Waals surface area (Å²) in [5.74, 6) is 0.0626. The molecule has 1 aromatic rings. The standard InChI is InChI=1S/C26H39ClN2O3/c1-8-21(18(3)4)26(17-29(26)24(31)28-15-13-23(30)32-9-2)20-11-10-19(22(27)16-20)12-14-25(5,6)7/h8,10-11,16,18,21H,1,9,12-15,17H2,2-7H3,(H,28,31). The maximum atomic E-state index is 12.9. The number of amides is 2. The second kappa shape index (κ2) is 10.7. The van der Waals surface area contributed by atoms with Gasteiger partial charge in [-0.25, -0.2) is 4.79 Å². The minimum absolute atomic E-state index is 0.0785. The van der Waals surface area contributed by atoms with E-state index < -0.39 is 5.54 Å². The van der Waals surface area contributed by atoms with Crippen LogP contribution in [0.25, 0.3) is 0 Å². The van der Waals surface area contributed by atoms with Crippen LogP contribution < -0.4 is 5.32 Å². The van der Waals surface area contributed by atoms with Gasteiger partial charge < -0.3 is 15.0 Å². The molecule has 1 heterocycles. The highest BCUT2D eigenvalue weighted by Crippen LogP contribution is 2.52. The highest BCUT2D eigenvalue weighted by atomic mass is 35.5. The number of ether oxygens (including phenoxy) is 1. The molecule has 1 aliphatic heterocycles. The molecular formula is C26H39ClN2O3. The Hall–Kier alpha value is -2.01. The van der Waals surface area contributed by atoms with Gasteiger partial charge in [-0.1, -0.05) is 64.4 Å². The van der Waals surface area contributed by atoms with E-state index in [4.69, 9.17) is 16.3 Å². The Morgan fingerprint density at radius 3 is 2.56 bits per heavy atom. The summed E-state index contributed by atoms with van der Waals surface area (Å²) >= 11 is 6.70. The molecule has 1 N–H and O–H groups in total. The third-order valence-electron chi connectivity index (χ3n) is 6.15. The first-order valence-electron chi connectivity index (χ1n) is 11.6. The van der Waals surface area contributed by atoms with Gasteiger partial charge in [0.1, 0.15) is 0 Å². The van der Waals surface area contributed by atoms with Crippen LogP contribution in [0.2, 0.25) is 5.02 Å². The highest BCUT2D eigenvalue weighted by Gasteiger charge is 2.60. The van der Waals surface area contributed by atoms with E-state index in [2.05, 4.69) is 58.6 Å². The highest BCUT2D eigenvalue weighted by molar-refractivity contribution is 6.31. The first-order valence-corrected chi connectivity index (χ1v) is 12.0. The molecule has 2 atom stereocenters. The van der Waals surface area contributed by atoms with Gasteiger partial charge in [-0.2, -0.15) is 0 Å². The number of aryl methyl sites for hydroxylation is 1. The van der Waals surface area contributed by atoms with E-state index in [1.807, 2.05) is 17.0 Å². The lowest BCUT2D eigenvalue weighted by Crippen LogP contribution is -2.37. The van der Waals surface area contributed by atoms with Gasteiger partial charge in [-0.15, -0.1) is 6.58 Å². The van der Waals surface area contributed by atoms with Crippen molar-refractivity contribution in [2.75, 3.05) is 19.7 Å². The second-order valence-corrected chi connectivity index (χ2v) is 10.6. The average Bonchev–Trinajstić information content (AvgIpc) is 3.43. The van der Waals surface area contributed by atoms with E-state index in [-0.39, 0.29) is 36.3 Å². The fraction of sp³-hybridized carbons (Fsp3) is 0.615. The number of hydrogen-bond donors (Lipinski definition) is 1. The third kappa shape index (κ3) is 6.28. The summed E-state index contributed by atoms with van der Waals surface area (Å²) in [6.07, 6.45) is 4.07. The van der Waals surface area contributed by atoms with Gasteiger partial charge in [0.25, 0.3) is 0 Å². The van der Waals surface area contributed by atoms with Crippen LogP contribution in [0.4, 0.5) is 4.79 Å². The zero-order valence-electron chi connectivity index (χ0n) is 20.5. The van der Waals surface area contributed by atoms with Crippen molar-refractivity contribution < 1.29 is 14.3 Å². The van der Waals surface area contributed by atoms with Gasteiger partial charge in [0.2, 0.25) is 0 Å². The number of hydrogen-bond acceptors (Lipinski definition) is 3. The van der Waals surface area contributed by atoms with Crippen molar-refractivity contribution in [1.82, 2.24) is 10.2 Å². The Kier molecular flexibility index (Phi) is 8.81. The number of esters is 1. The molecule has 1 fully saturated rings. The molecule has 0 saturated carbocycles. The van der Waals surface area contributed by atoms with Gasteiger partial charge in [0.05, 0.1) is 25.1 Å². The number of halogens is 1. The normalized spacial score (nSPS) is 18.9. The fourth-order valence-corrected chi connectivity index (χ4v) is 4.61. The van der Waals surface area contributed by atoms with Crippen LogP contribution in [0, 0.1) is 17.3 Å². The number of carbonyl (C=O) groups is 2. The van der Waals surface area contributed by atoms with E-state index >= 15 is 0 Å². The molecule has 1 aromatic carbocycles. The van der Waals surface area contributed by atoms with Crippen LogP contribution in [0.15, 0.2) is 30.9 Å². The molecule has 2 rings (SSSR count). The molecule has 2 unspecified atom stereocenters. The van der Waals surface area contributed by atoms with Crippen molar-refractivity contribution in [3.05, 3.63) is 47.0 Å². The molecule has 0 aliphatic carbocycles. The van der Waals surface area contributed by atoms with Crippen molar-refractivity contribution in [2.45, 2.75) is 66.3 Å². The van der Waals surface area contributed by atoms with Crippen LogP contribution >= 0.6 is 11.6 Å². The summed E-state index contributed by atoms with van der Waals surface area (Å²) in [5.41, 5.74) is 1.92. The number of carbonyl (C=O) groups excluding carboxylic acids is 2. The van der Waals surface area contributed by atoms with E-state index in [9.17, 15) is 9.59 Å². The van der Waals surface area contributed by atoms with Crippen LogP contribution in [0.3, 0.4) is 0 Å². The van der Waals surface area contributed by atoms with Crippen molar-refractivity contribution in [3.8, 4) is 0 Å². The Morgan fingerprint density at radius 1 is 1.34 bits per heavy atom. The number of urea groups is 1. The molecular weight excluding hydrogens is 424 g/mol. The minimum atomic E-state index is -0.476. The van der Waals surface area contributed by atoms with Gasteiger partial charge in [-0.3, -0.25) is 4.79 Å². The van der Waals surface area contributed by atoms with Gasteiger partial charge in [-0.05, 0) is 48.3 Å².